The maximum Gasteiger partial charge on any atom is 0.323 e. The number of likely N-dealkylation sites (N-methyl/N-ethyl adjacent to an activating group) is 1. The summed E-state index contributed by atoms with van der Waals surface area (Å²) in [6.07, 6.45) is 0.735. The van der Waals surface area contributed by atoms with Gasteiger partial charge in [-0.1, -0.05) is 12.1 Å². The van der Waals surface area contributed by atoms with Crippen molar-refractivity contribution in [1.82, 2.24) is 19.5 Å². The second-order valence-corrected chi connectivity index (χ2v) is 6.16. The van der Waals surface area contributed by atoms with Crippen molar-refractivity contribution >= 4 is 28.4 Å². The number of carboxylic acid groups (broad SMARTS) is 1. The number of rotatable bonds is 5. The smallest absolute Gasteiger partial charge is 0.323 e. The third kappa shape index (κ3) is 3.17. The first-order chi connectivity index (χ1) is 11.9. The highest BCUT2D eigenvalue weighted by atomic mass is 16.4. The lowest BCUT2D eigenvalue weighted by molar-refractivity contribution is -0.143. The Labute approximate surface area is 144 Å². The van der Waals surface area contributed by atoms with Gasteiger partial charge in [0, 0.05) is 30.2 Å². The van der Waals surface area contributed by atoms with E-state index in [0.717, 1.165) is 33.5 Å². The van der Waals surface area contributed by atoms with Crippen molar-refractivity contribution in [3.8, 4) is 0 Å². The molecule has 7 nitrogen and oxygen atoms in total. The zero-order chi connectivity index (χ0) is 18.1. The number of hydrogen-bond acceptors (Lipinski definition) is 4. The summed E-state index contributed by atoms with van der Waals surface area (Å²) in [5.74, 6) is -1.22. The second kappa shape index (κ2) is 6.51. The first kappa shape index (κ1) is 16.9. The molecule has 2 aromatic heterocycles. The van der Waals surface area contributed by atoms with Crippen LogP contribution in [-0.2, 0) is 16.0 Å². The topological polar surface area (TPSA) is 87.8 Å². The van der Waals surface area contributed by atoms with Crippen LogP contribution in [0.3, 0.4) is 0 Å². The number of aryl methyl sites for hydroxylation is 2. The SMILES string of the molecule is Cc1nc2c3ccccc3nn2c(C)c1CCC(=O)N(C)CC(=O)O. The van der Waals surface area contributed by atoms with E-state index in [1.807, 2.05) is 42.6 Å². The molecule has 0 unspecified atom stereocenters. The van der Waals surface area contributed by atoms with Gasteiger partial charge in [0.25, 0.3) is 0 Å². The number of benzene rings is 1. The van der Waals surface area contributed by atoms with Crippen LogP contribution < -0.4 is 0 Å². The molecule has 1 aromatic carbocycles. The van der Waals surface area contributed by atoms with Gasteiger partial charge in [-0.15, -0.1) is 0 Å². The van der Waals surface area contributed by atoms with Gasteiger partial charge in [0.1, 0.15) is 6.54 Å². The van der Waals surface area contributed by atoms with Crippen molar-refractivity contribution < 1.29 is 14.7 Å². The fourth-order valence-electron chi connectivity index (χ4n) is 3.05. The Balaban J connectivity index is 1.90. The van der Waals surface area contributed by atoms with Gasteiger partial charge in [-0.25, -0.2) is 9.50 Å². The van der Waals surface area contributed by atoms with Gasteiger partial charge >= 0.3 is 5.97 Å². The predicted molar refractivity (Wildman–Crippen MR) is 93.6 cm³/mol. The van der Waals surface area contributed by atoms with Gasteiger partial charge in [0.15, 0.2) is 5.65 Å². The molecule has 0 radical (unpaired) electrons. The van der Waals surface area contributed by atoms with E-state index in [1.54, 1.807) is 0 Å². The highest BCUT2D eigenvalue weighted by Gasteiger charge is 2.17. The Morgan fingerprint density at radius 2 is 1.96 bits per heavy atom. The molecule has 0 aliphatic rings. The average molecular weight is 340 g/mol. The van der Waals surface area contributed by atoms with Crippen LogP contribution >= 0.6 is 0 Å². The monoisotopic (exact) mass is 340 g/mol. The summed E-state index contributed by atoms with van der Waals surface area (Å²) in [5.41, 5.74) is 4.48. The molecule has 0 saturated carbocycles. The minimum atomic E-state index is -1.02. The molecule has 1 N–H and O–H groups in total. The first-order valence-corrected chi connectivity index (χ1v) is 8.07. The fraction of sp³-hybridized carbons (Fsp3) is 0.333. The molecule has 130 valence electrons. The van der Waals surface area contributed by atoms with E-state index >= 15 is 0 Å². The zero-order valence-corrected chi connectivity index (χ0v) is 14.5. The number of carboxylic acids is 1. The van der Waals surface area contributed by atoms with Gasteiger partial charge in [-0.05, 0) is 38.0 Å². The predicted octanol–water partition coefficient (Wildman–Crippen LogP) is 1.97. The minimum absolute atomic E-state index is 0.202. The van der Waals surface area contributed by atoms with Crippen molar-refractivity contribution in [1.29, 1.82) is 0 Å². The maximum atomic E-state index is 12.1. The molecular formula is C18H20N4O3. The van der Waals surface area contributed by atoms with Crippen LogP contribution in [0.2, 0.25) is 0 Å². The number of nitrogens with zero attached hydrogens (tertiary/aromatic N) is 4. The molecule has 1 amide bonds. The van der Waals surface area contributed by atoms with Crippen LogP contribution in [0.1, 0.15) is 23.4 Å². The van der Waals surface area contributed by atoms with Crippen LogP contribution in [-0.4, -0.2) is 50.1 Å². The van der Waals surface area contributed by atoms with Gasteiger partial charge < -0.3 is 10.0 Å². The molecule has 0 saturated heterocycles. The Kier molecular flexibility index (Phi) is 4.39. The number of carbonyl (C=O) groups is 2. The van der Waals surface area contributed by atoms with E-state index < -0.39 is 5.97 Å². The molecule has 2 heterocycles. The summed E-state index contributed by atoms with van der Waals surface area (Å²) < 4.78 is 1.82. The molecule has 0 atom stereocenters. The summed E-state index contributed by atoms with van der Waals surface area (Å²) in [6, 6.07) is 7.84. The maximum absolute atomic E-state index is 12.1. The number of aromatic nitrogens is 3. The van der Waals surface area contributed by atoms with Crippen molar-refractivity contribution in [2.45, 2.75) is 26.7 Å². The molecule has 3 rings (SSSR count). The van der Waals surface area contributed by atoms with Gasteiger partial charge in [0.05, 0.1) is 5.52 Å². The van der Waals surface area contributed by atoms with Crippen molar-refractivity contribution in [3.63, 3.8) is 0 Å². The molecule has 0 bridgehead atoms. The first-order valence-electron chi connectivity index (χ1n) is 8.07. The lowest BCUT2D eigenvalue weighted by atomic mass is 10.1. The third-order valence-corrected chi connectivity index (χ3v) is 4.41. The average Bonchev–Trinajstić information content (AvgIpc) is 2.93. The summed E-state index contributed by atoms with van der Waals surface area (Å²) in [4.78, 5) is 28.7. The quantitative estimate of drug-likeness (QED) is 0.767. The van der Waals surface area contributed by atoms with E-state index in [2.05, 4.69) is 10.1 Å². The van der Waals surface area contributed by atoms with E-state index in [-0.39, 0.29) is 18.9 Å². The molecule has 0 aliphatic carbocycles. The van der Waals surface area contributed by atoms with Crippen LogP contribution in [0, 0.1) is 13.8 Å². The summed E-state index contributed by atoms with van der Waals surface area (Å²) >= 11 is 0. The highest BCUT2D eigenvalue weighted by molar-refractivity contribution is 5.92. The lowest BCUT2D eigenvalue weighted by Gasteiger charge is -2.16. The van der Waals surface area contributed by atoms with Gasteiger partial charge in [-0.3, -0.25) is 9.59 Å². The molecular weight excluding hydrogens is 320 g/mol. The second-order valence-electron chi connectivity index (χ2n) is 6.16. The van der Waals surface area contributed by atoms with Crippen molar-refractivity contribution in [2.24, 2.45) is 0 Å². The number of carbonyl (C=O) groups excluding carboxylic acids is 1. The Hall–Kier alpha value is -2.96. The van der Waals surface area contributed by atoms with Crippen molar-refractivity contribution in [3.05, 3.63) is 41.2 Å². The number of fused-ring (bicyclic) bond motifs is 3. The summed E-state index contributed by atoms with van der Waals surface area (Å²) in [6.45, 7) is 3.60. The van der Waals surface area contributed by atoms with E-state index in [4.69, 9.17) is 5.11 Å². The molecule has 0 spiro atoms. The number of hydrogen-bond donors (Lipinski definition) is 1. The highest BCUT2D eigenvalue weighted by Crippen LogP contribution is 2.23. The van der Waals surface area contributed by atoms with Crippen LogP contribution in [0.5, 0.6) is 0 Å². The summed E-state index contributed by atoms with van der Waals surface area (Å²) in [7, 11) is 1.50. The fourth-order valence-corrected chi connectivity index (χ4v) is 3.05. The normalized spacial score (nSPS) is 11.2. The van der Waals surface area contributed by atoms with E-state index in [0.29, 0.717) is 6.42 Å². The largest absolute Gasteiger partial charge is 0.480 e. The lowest BCUT2D eigenvalue weighted by Crippen LogP contribution is -2.32. The standard InChI is InChI=1S/C18H20N4O3/c1-11-13(8-9-16(23)21(3)10-17(24)25)12(2)22-18(19-11)14-6-4-5-7-15(14)20-22/h4-7H,8-10H2,1-3H3,(H,24,25). The van der Waals surface area contributed by atoms with Gasteiger partial charge in [-0.2, -0.15) is 5.10 Å². The molecule has 0 aliphatic heterocycles. The molecule has 7 heteroatoms. The van der Waals surface area contributed by atoms with E-state index in [9.17, 15) is 9.59 Å². The number of amides is 1. The van der Waals surface area contributed by atoms with Crippen LogP contribution in [0.25, 0.3) is 16.6 Å². The van der Waals surface area contributed by atoms with Crippen LogP contribution in [0.15, 0.2) is 24.3 Å². The Morgan fingerprint density at radius 1 is 1.24 bits per heavy atom. The minimum Gasteiger partial charge on any atom is -0.480 e. The van der Waals surface area contributed by atoms with E-state index in [1.165, 1.54) is 11.9 Å². The Morgan fingerprint density at radius 3 is 2.68 bits per heavy atom. The number of aliphatic carboxylic acids is 1. The molecule has 3 aromatic rings. The van der Waals surface area contributed by atoms with Crippen LogP contribution in [0.4, 0.5) is 0 Å². The molecule has 25 heavy (non-hydrogen) atoms. The van der Waals surface area contributed by atoms with Gasteiger partial charge in [0.2, 0.25) is 5.91 Å². The third-order valence-electron chi connectivity index (χ3n) is 4.41. The van der Waals surface area contributed by atoms with Crippen molar-refractivity contribution in [2.75, 3.05) is 13.6 Å². The zero-order valence-electron chi connectivity index (χ0n) is 14.5. The molecule has 0 fully saturated rings. The summed E-state index contributed by atoms with van der Waals surface area (Å²) in [5, 5.41) is 14.4. The Bertz CT molecular complexity index is 977.